The van der Waals surface area contributed by atoms with Gasteiger partial charge in [0.2, 0.25) is 0 Å². The van der Waals surface area contributed by atoms with Gasteiger partial charge in [0.25, 0.3) is 0 Å². The van der Waals surface area contributed by atoms with Gasteiger partial charge in [-0.2, -0.15) is 0 Å². The molecule has 1 N–H and O–H groups in total. The molecule has 5 heteroatoms. The molecular formula is C35H40IrN2O2-2. The topological polar surface area (TPSA) is 63.1 Å². The number of allylic oxidation sites excluding steroid dienone is 2. The van der Waals surface area contributed by atoms with Gasteiger partial charge in [-0.1, -0.05) is 65.8 Å². The Labute approximate surface area is 254 Å². The summed E-state index contributed by atoms with van der Waals surface area (Å²) < 4.78 is 0. The minimum Gasteiger partial charge on any atom is -0.512 e. The van der Waals surface area contributed by atoms with Gasteiger partial charge in [-0.25, -0.2) is 0 Å². The first kappa shape index (κ1) is 34.6. The number of ketones is 1. The summed E-state index contributed by atoms with van der Waals surface area (Å²) in [7, 11) is 0. The van der Waals surface area contributed by atoms with Crippen molar-refractivity contribution < 1.29 is 30.0 Å². The number of carbonyl (C=O) groups excluding carboxylic acids is 1. The zero-order chi connectivity index (χ0) is 29.1. The summed E-state index contributed by atoms with van der Waals surface area (Å²) in [5.74, 6) is -0.0625. The standard InChI is InChI=1S/2C15H16N.C5H8O2.Ir/c2*1-15(2,3)13-8-6-7-12(11-13)14-9-4-5-10-16-14;1-4(6)3-5(2)7;/h2*4-6,8-11H,1-3H3;3,6H,1-2H3;/q2*-1;;/b;;4-3-;. The Morgan fingerprint density at radius 2 is 1.12 bits per heavy atom. The molecule has 0 aliphatic carbocycles. The Balaban J connectivity index is 0.000000320. The van der Waals surface area contributed by atoms with E-state index in [1.807, 2.05) is 60.9 Å². The molecule has 1 radical (unpaired) electrons. The van der Waals surface area contributed by atoms with E-state index in [1.165, 1.54) is 31.1 Å². The second kappa shape index (κ2) is 16.0. The molecule has 2 heterocycles. The first-order chi connectivity index (χ1) is 18.3. The van der Waals surface area contributed by atoms with Gasteiger partial charge in [0.05, 0.1) is 5.76 Å². The molecule has 0 aliphatic heterocycles. The van der Waals surface area contributed by atoms with Crippen molar-refractivity contribution >= 4 is 5.78 Å². The third kappa shape index (κ3) is 12.2. The van der Waals surface area contributed by atoms with Crippen LogP contribution in [0, 0.1) is 12.1 Å². The third-order valence-corrected chi connectivity index (χ3v) is 5.63. The summed E-state index contributed by atoms with van der Waals surface area (Å²) in [4.78, 5) is 18.7. The maximum Gasteiger partial charge on any atom is 0.155 e. The Bertz CT molecular complexity index is 1260. The molecule has 0 saturated carbocycles. The summed E-state index contributed by atoms with van der Waals surface area (Å²) in [6, 6.07) is 30.9. The van der Waals surface area contributed by atoms with Gasteiger partial charge in [0, 0.05) is 38.6 Å². The van der Waals surface area contributed by atoms with Crippen molar-refractivity contribution in [2.24, 2.45) is 0 Å². The van der Waals surface area contributed by atoms with E-state index >= 15 is 0 Å². The van der Waals surface area contributed by atoms with Crippen LogP contribution < -0.4 is 0 Å². The molecule has 0 fully saturated rings. The van der Waals surface area contributed by atoms with Crippen LogP contribution in [0.25, 0.3) is 22.5 Å². The summed E-state index contributed by atoms with van der Waals surface area (Å²) in [6.07, 6.45) is 4.79. The molecule has 2 aromatic heterocycles. The molecule has 0 bridgehead atoms. The average Bonchev–Trinajstić information content (AvgIpc) is 2.89. The number of carbonyl (C=O) groups is 1. The van der Waals surface area contributed by atoms with Gasteiger partial charge < -0.3 is 15.1 Å². The van der Waals surface area contributed by atoms with Gasteiger partial charge in [0.15, 0.2) is 5.78 Å². The van der Waals surface area contributed by atoms with Crippen LogP contribution in [-0.2, 0) is 35.7 Å². The second-order valence-corrected chi connectivity index (χ2v) is 11.3. The van der Waals surface area contributed by atoms with Crippen molar-refractivity contribution in [1.82, 2.24) is 9.97 Å². The van der Waals surface area contributed by atoms with Gasteiger partial charge >= 0.3 is 0 Å². The number of hydrogen-bond donors (Lipinski definition) is 1. The number of aliphatic hydroxyl groups excluding tert-OH is 1. The van der Waals surface area contributed by atoms with E-state index in [-0.39, 0.29) is 42.5 Å². The van der Waals surface area contributed by atoms with Crippen LogP contribution in [-0.4, -0.2) is 20.9 Å². The van der Waals surface area contributed by atoms with Crippen molar-refractivity contribution in [3.63, 3.8) is 0 Å². The number of hydrogen-bond acceptors (Lipinski definition) is 4. The Morgan fingerprint density at radius 1 is 0.725 bits per heavy atom. The van der Waals surface area contributed by atoms with E-state index in [1.54, 1.807) is 0 Å². The van der Waals surface area contributed by atoms with Crippen molar-refractivity contribution in [3.05, 3.63) is 120 Å². The zero-order valence-electron chi connectivity index (χ0n) is 24.7. The van der Waals surface area contributed by atoms with Crippen LogP contribution in [0.2, 0.25) is 0 Å². The predicted molar refractivity (Wildman–Crippen MR) is 161 cm³/mol. The molecule has 0 spiro atoms. The minimum atomic E-state index is -0.125. The van der Waals surface area contributed by atoms with E-state index < -0.39 is 0 Å². The number of pyridine rings is 2. The first-order valence-corrected chi connectivity index (χ1v) is 13.0. The van der Waals surface area contributed by atoms with E-state index in [0.717, 1.165) is 22.5 Å². The summed E-state index contributed by atoms with van der Waals surface area (Å²) in [5, 5.41) is 8.36. The molecular weight excluding hydrogens is 673 g/mol. The van der Waals surface area contributed by atoms with Crippen molar-refractivity contribution in [2.45, 2.75) is 66.2 Å². The zero-order valence-corrected chi connectivity index (χ0v) is 27.1. The Kier molecular flexibility index (Phi) is 13.9. The Morgan fingerprint density at radius 3 is 1.38 bits per heavy atom. The summed E-state index contributed by atoms with van der Waals surface area (Å²) >= 11 is 0. The second-order valence-electron chi connectivity index (χ2n) is 11.3. The summed E-state index contributed by atoms with van der Waals surface area (Å²) in [5.41, 5.74) is 7.04. The van der Waals surface area contributed by atoms with Crippen LogP contribution >= 0.6 is 0 Å². The normalized spacial score (nSPS) is 11.2. The molecule has 0 unspecified atom stereocenters. The van der Waals surface area contributed by atoms with Gasteiger partial charge in [-0.15, -0.1) is 70.8 Å². The SMILES string of the molecule is CC(=O)/C=C(/C)O.CC(C)(C)c1cc[c-]c(-c2ccccn2)c1.CC(C)(C)c1cc[c-]c(-c2ccccn2)c1.[Ir]. The largest absolute Gasteiger partial charge is 0.512 e. The van der Waals surface area contributed by atoms with Crippen LogP contribution in [0.5, 0.6) is 0 Å². The van der Waals surface area contributed by atoms with E-state index in [4.69, 9.17) is 5.11 Å². The molecule has 0 atom stereocenters. The minimum absolute atomic E-state index is 0. The average molecular weight is 713 g/mol. The van der Waals surface area contributed by atoms with E-state index in [0.29, 0.717) is 0 Å². The molecule has 213 valence electrons. The molecule has 40 heavy (non-hydrogen) atoms. The van der Waals surface area contributed by atoms with Crippen molar-refractivity contribution in [2.75, 3.05) is 0 Å². The molecule has 0 saturated heterocycles. The maximum atomic E-state index is 10.0. The van der Waals surface area contributed by atoms with Crippen LogP contribution in [0.3, 0.4) is 0 Å². The fourth-order valence-corrected chi connectivity index (χ4v) is 3.50. The summed E-state index contributed by atoms with van der Waals surface area (Å²) in [6.45, 7) is 16.1. The first-order valence-electron chi connectivity index (χ1n) is 13.0. The predicted octanol–water partition coefficient (Wildman–Crippen LogP) is 8.73. The van der Waals surface area contributed by atoms with Crippen LogP contribution in [0.4, 0.5) is 0 Å². The molecule has 0 aliphatic rings. The molecule has 2 aromatic carbocycles. The van der Waals surface area contributed by atoms with Gasteiger partial charge in [0.1, 0.15) is 0 Å². The molecule has 4 aromatic rings. The third-order valence-electron chi connectivity index (χ3n) is 5.63. The smallest absolute Gasteiger partial charge is 0.155 e. The number of aromatic nitrogens is 2. The maximum absolute atomic E-state index is 10.0. The number of rotatable bonds is 3. The molecule has 4 nitrogen and oxygen atoms in total. The number of aliphatic hydroxyl groups is 1. The van der Waals surface area contributed by atoms with E-state index in [2.05, 4.69) is 87.9 Å². The monoisotopic (exact) mass is 713 g/mol. The fraction of sp³-hybridized carbons (Fsp3) is 0.286. The number of nitrogens with zero attached hydrogens (tertiary/aromatic N) is 2. The fourth-order valence-electron chi connectivity index (χ4n) is 3.50. The Hall–Kier alpha value is -3.40. The van der Waals surface area contributed by atoms with E-state index in [9.17, 15) is 4.79 Å². The van der Waals surface area contributed by atoms with Crippen LogP contribution in [0.1, 0.15) is 66.5 Å². The van der Waals surface area contributed by atoms with Gasteiger partial charge in [-0.3, -0.25) is 4.79 Å². The van der Waals surface area contributed by atoms with Gasteiger partial charge in [-0.05, 0) is 48.2 Å². The molecule has 4 rings (SSSR count). The molecule has 0 amide bonds. The van der Waals surface area contributed by atoms with Crippen molar-refractivity contribution in [1.29, 1.82) is 0 Å². The van der Waals surface area contributed by atoms with Crippen LogP contribution in [0.15, 0.2) is 97.0 Å². The van der Waals surface area contributed by atoms with Crippen molar-refractivity contribution in [3.8, 4) is 22.5 Å². The quantitative estimate of drug-likeness (QED) is 0.131. The number of benzene rings is 2.